The first-order chi connectivity index (χ1) is 14.1. The minimum absolute atomic E-state index is 0.554. The minimum Gasteiger partial charge on any atom is -0.497 e. The second-order valence-electron chi connectivity index (χ2n) is 6.39. The molecule has 0 fully saturated rings. The molecule has 0 aliphatic carbocycles. The quantitative estimate of drug-likeness (QED) is 0.365. The van der Waals surface area contributed by atoms with E-state index in [1.165, 1.54) is 0 Å². The summed E-state index contributed by atoms with van der Waals surface area (Å²) in [7, 11) is 3.29. The highest BCUT2D eigenvalue weighted by atomic mass is 35.5. The van der Waals surface area contributed by atoms with Crippen molar-refractivity contribution in [3.63, 3.8) is 0 Å². The summed E-state index contributed by atoms with van der Waals surface area (Å²) >= 11 is 12.7. The van der Waals surface area contributed by atoms with E-state index in [4.69, 9.17) is 37.8 Å². The molecule has 0 N–H and O–H groups in total. The molecule has 1 aromatic heterocycles. The van der Waals surface area contributed by atoms with Crippen LogP contribution in [0.3, 0.4) is 0 Å². The molecule has 0 amide bonds. The number of aromatic nitrogens is 2. The van der Waals surface area contributed by atoms with Crippen LogP contribution in [0.25, 0.3) is 28.2 Å². The molecule has 1 heterocycles. The maximum absolute atomic E-state index is 6.49. The summed E-state index contributed by atoms with van der Waals surface area (Å²) in [5, 5.41) is 5.97. The fourth-order valence-corrected chi connectivity index (χ4v) is 3.49. The number of ether oxygens (including phenoxy) is 2. The van der Waals surface area contributed by atoms with Gasteiger partial charge in [0.1, 0.15) is 11.5 Å². The van der Waals surface area contributed by atoms with Gasteiger partial charge in [0.15, 0.2) is 0 Å². The van der Waals surface area contributed by atoms with Crippen molar-refractivity contribution in [1.29, 1.82) is 0 Å². The lowest BCUT2D eigenvalue weighted by Gasteiger charge is -2.10. The molecule has 0 atom stereocenters. The smallest absolute Gasteiger partial charge is 0.119 e. The van der Waals surface area contributed by atoms with E-state index in [2.05, 4.69) is 0 Å². The summed E-state index contributed by atoms with van der Waals surface area (Å²) in [6.45, 7) is 0. The van der Waals surface area contributed by atoms with Gasteiger partial charge in [-0.2, -0.15) is 5.10 Å². The molecule has 0 saturated carbocycles. The van der Waals surface area contributed by atoms with Crippen molar-refractivity contribution in [2.24, 2.45) is 0 Å². The molecular formula is C23H18Cl2N2O2. The molecule has 0 aliphatic heterocycles. The topological polar surface area (TPSA) is 36.3 Å². The van der Waals surface area contributed by atoms with Gasteiger partial charge in [0.05, 0.1) is 36.3 Å². The fraction of sp³-hybridized carbons (Fsp3) is 0.0870. The van der Waals surface area contributed by atoms with E-state index in [1.807, 2.05) is 54.6 Å². The van der Waals surface area contributed by atoms with Crippen LogP contribution in [-0.4, -0.2) is 24.0 Å². The third kappa shape index (κ3) is 3.95. The van der Waals surface area contributed by atoms with E-state index in [1.54, 1.807) is 37.1 Å². The Hall–Kier alpha value is -2.95. The zero-order chi connectivity index (χ0) is 20.4. The van der Waals surface area contributed by atoms with Crippen molar-refractivity contribution in [3.8, 4) is 39.7 Å². The molecule has 0 radical (unpaired) electrons. The summed E-state index contributed by atoms with van der Waals surface area (Å²) < 4.78 is 12.6. The number of nitrogens with zero attached hydrogens (tertiary/aromatic N) is 2. The SMILES string of the molecule is COc1cccc(-c2cc(-c3cccc(OC)c3)n(-c3cc(Cl)ccc3Cl)n2)c1. The van der Waals surface area contributed by atoms with Crippen molar-refractivity contribution in [3.05, 3.63) is 82.8 Å². The maximum Gasteiger partial charge on any atom is 0.119 e. The van der Waals surface area contributed by atoms with Crippen LogP contribution < -0.4 is 9.47 Å². The van der Waals surface area contributed by atoms with E-state index in [0.717, 1.165) is 34.0 Å². The number of methoxy groups -OCH3 is 2. The fourth-order valence-electron chi connectivity index (χ4n) is 3.12. The number of rotatable bonds is 5. The average molecular weight is 425 g/mol. The molecule has 0 spiro atoms. The lowest BCUT2D eigenvalue weighted by Crippen LogP contribution is -2.00. The Labute approximate surface area is 179 Å². The molecule has 0 bridgehead atoms. The molecule has 146 valence electrons. The Bertz CT molecular complexity index is 1170. The van der Waals surface area contributed by atoms with Crippen LogP contribution in [0.5, 0.6) is 11.5 Å². The Balaban J connectivity index is 1.94. The van der Waals surface area contributed by atoms with Gasteiger partial charge in [0, 0.05) is 16.1 Å². The lowest BCUT2D eigenvalue weighted by atomic mass is 10.1. The Morgan fingerprint density at radius 3 is 2.10 bits per heavy atom. The van der Waals surface area contributed by atoms with Gasteiger partial charge in [0.2, 0.25) is 0 Å². The molecule has 0 unspecified atom stereocenters. The first-order valence-corrected chi connectivity index (χ1v) is 9.69. The molecule has 4 aromatic rings. The summed E-state index contributed by atoms with van der Waals surface area (Å²) in [6.07, 6.45) is 0. The van der Waals surface area contributed by atoms with E-state index >= 15 is 0 Å². The largest absolute Gasteiger partial charge is 0.497 e. The van der Waals surface area contributed by atoms with Gasteiger partial charge in [-0.05, 0) is 48.5 Å². The molecule has 4 nitrogen and oxygen atoms in total. The summed E-state index contributed by atoms with van der Waals surface area (Å²) in [5.41, 5.74) is 4.24. The third-order valence-electron chi connectivity index (χ3n) is 4.58. The van der Waals surface area contributed by atoms with Crippen LogP contribution in [0, 0.1) is 0 Å². The van der Waals surface area contributed by atoms with Gasteiger partial charge in [-0.25, -0.2) is 4.68 Å². The zero-order valence-electron chi connectivity index (χ0n) is 15.9. The van der Waals surface area contributed by atoms with Crippen LogP contribution in [0.2, 0.25) is 10.0 Å². The van der Waals surface area contributed by atoms with Crippen molar-refractivity contribution < 1.29 is 9.47 Å². The Kier molecular flexibility index (Phi) is 5.47. The van der Waals surface area contributed by atoms with E-state index in [-0.39, 0.29) is 0 Å². The summed E-state index contributed by atoms with van der Waals surface area (Å²) in [5.74, 6) is 1.52. The van der Waals surface area contributed by atoms with Gasteiger partial charge in [-0.3, -0.25) is 0 Å². The van der Waals surface area contributed by atoms with Crippen LogP contribution in [0.4, 0.5) is 0 Å². The van der Waals surface area contributed by atoms with Crippen molar-refractivity contribution >= 4 is 23.2 Å². The van der Waals surface area contributed by atoms with Gasteiger partial charge < -0.3 is 9.47 Å². The number of hydrogen-bond acceptors (Lipinski definition) is 3. The maximum atomic E-state index is 6.49. The van der Waals surface area contributed by atoms with E-state index in [9.17, 15) is 0 Å². The minimum atomic E-state index is 0.554. The molecule has 6 heteroatoms. The number of hydrogen-bond donors (Lipinski definition) is 0. The predicted octanol–water partition coefficient (Wildman–Crippen LogP) is 6.53. The zero-order valence-corrected chi connectivity index (χ0v) is 17.4. The highest BCUT2D eigenvalue weighted by Crippen LogP contribution is 2.34. The first-order valence-electron chi connectivity index (χ1n) is 8.93. The van der Waals surface area contributed by atoms with Gasteiger partial charge in [-0.1, -0.05) is 47.5 Å². The normalized spacial score (nSPS) is 10.8. The van der Waals surface area contributed by atoms with Gasteiger partial charge in [0.25, 0.3) is 0 Å². The number of halogens is 2. The van der Waals surface area contributed by atoms with E-state index in [0.29, 0.717) is 15.7 Å². The second-order valence-corrected chi connectivity index (χ2v) is 7.23. The third-order valence-corrected chi connectivity index (χ3v) is 5.13. The summed E-state index contributed by atoms with van der Waals surface area (Å²) in [6, 6.07) is 22.9. The van der Waals surface area contributed by atoms with Crippen LogP contribution in [0.1, 0.15) is 0 Å². The van der Waals surface area contributed by atoms with Crippen LogP contribution >= 0.6 is 23.2 Å². The molecular weight excluding hydrogens is 407 g/mol. The second kappa shape index (κ2) is 8.19. The Morgan fingerprint density at radius 1 is 0.759 bits per heavy atom. The molecule has 4 rings (SSSR count). The predicted molar refractivity (Wildman–Crippen MR) is 118 cm³/mol. The average Bonchev–Trinajstić information content (AvgIpc) is 3.21. The lowest BCUT2D eigenvalue weighted by molar-refractivity contribution is 0.415. The van der Waals surface area contributed by atoms with E-state index < -0.39 is 0 Å². The van der Waals surface area contributed by atoms with Crippen molar-refractivity contribution in [2.45, 2.75) is 0 Å². The standard InChI is InChI=1S/C23H18Cl2N2O2/c1-28-18-7-3-5-15(11-18)21-14-22(16-6-4-8-19(12-16)29-2)27(26-21)23-13-17(24)9-10-20(23)25/h3-14H,1-2H3. The molecule has 29 heavy (non-hydrogen) atoms. The molecule has 0 saturated heterocycles. The highest BCUT2D eigenvalue weighted by molar-refractivity contribution is 6.34. The monoisotopic (exact) mass is 424 g/mol. The van der Waals surface area contributed by atoms with Crippen LogP contribution in [0.15, 0.2) is 72.8 Å². The van der Waals surface area contributed by atoms with Crippen molar-refractivity contribution in [1.82, 2.24) is 9.78 Å². The van der Waals surface area contributed by atoms with Gasteiger partial charge >= 0.3 is 0 Å². The van der Waals surface area contributed by atoms with Crippen LogP contribution in [-0.2, 0) is 0 Å². The molecule has 0 aliphatic rings. The van der Waals surface area contributed by atoms with Gasteiger partial charge in [-0.15, -0.1) is 0 Å². The Morgan fingerprint density at radius 2 is 1.41 bits per heavy atom. The number of benzene rings is 3. The first kappa shape index (κ1) is 19.4. The highest BCUT2D eigenvalue weighted by Gasteiger charge is 2.16. The molecule has 3 aromatic carbocycles. The van der Waals surface area contributed by atoms with Crippen molar-refractivity contribution in [2.75, 3.05) is 14.2 Å². The summed E-state index contributed by atoms with van der Waals surface area (Å²) in [4.78, 5) is 0.